The molecule has 4 heteroatoms. The summed E-state index contributed by atoms with van der Waals surface area (Å²) in [6.07, 6.45) is -3.56. The highest BCUT2D eigenvalue weighted by molar-refractivity contribution is 5.25. The Bertz CT molecular complexity index is 358. The molecule has 2 atom stereocenters. The molecule has 0 aliphatic carbocycles. The molecule has 0 radical (unpaired) electrons. The van der Waals surface area contributed by atoms with Crippen molar-refractivity contribution in [2.24, 2.45) is 5.92 Å². The molecule has 1 aromatic carbocycles. The largest absolute Gasteiger partial charge is 0.416 e. The van der Waals surface area contributed by atoms with Crippen LogP contribution in [0.5, 0.6) is 0 Å². The molecule has 0 aliphatic heterocycles. The lowest BCUT2D eigenvalue weighted by Crippen LogP contribution is -2.10. The third-order valence-corrected chi connectivity index (χ3v) is 2.58. The van der Waals surface area contributed by atoms with Crippen molar-refractivity contribution >= 4 is 0 Å². The summed E-state index contributed by atoms with van der Waals surface area (Å²) in [4.78, 5) is 0. The molecule has 0 spiro atoms. The number of hydrogen-bond acceptors (Lipinski definition) is 1. The van der Waals surface area contributed by atoms with Gasteiger partial charge < -0.3 is 5.11 Å². The first kappa shape index (κ1) is 14.0. The maximum Gasteiger partial charge on any atom is 0.416 e. The second kappa shape index (κ2) is 5.54. The van der Waals surface area contributed by atoms with Gasteiger partial charge in [-0.05, 0) is 37.3 Å². The molecular formula is C13H17F3O. The second-order valence-electron chi connectivity index (χ2n) is 4.59. The minimum atomic E-state index is -4.29. The van der Waals surface area contributed by atoms with Gasteiger partial charge in [-0.3, -0.25) is 0 Å². The number of alkyl halides is 3. The van der Waals surface area contributed by atoms with Gasteiger partial charge in [0, 0.05) is 0 Å². The van der Waals surface area contributed by atoms with Gasteiger partial charge in [0.15, 0.2) is 0 Å². The minimum absolute atomic E-state index is 0.165. The van der Waals surface area contributed by atoms with Gasteiger partial charge in [0.2, 0.25) is 0 Å². The van der Waals surface area contributed by atoms with Gasteiger partial charge in [-0.25, -0.2) is 0 Å². The summed E-state index contributed by atoms with van der Waals surface area (Å²) in [6.45, 7) is 3.61. The molecule has 96 valence electrons. The van der Waals surface area contributed by atoms with Crippen molar-refractivity contribution < 1.29 is 18.3 Å². The monoisotopic (exact) mass is 246 g/mol. The van der Waals surface area contributed by atoms with E-state index in [4.69, 9.17) is 0 Å². The van der Waals surface area contributed by atoms with Crippen LogP contribution in [0, 0.1) is 5.92 Å². The second-order valence-corrected chi connectivity index (χ2v) is 4.59. The smallest absolute Gasteiger partial charge is 0.393 e. The molecule has 1 nitrogen and oxygen atoms in total. The highest BCUT2D eigenvalue weighted by Crippen LogP contribution is 2.30. The summed E-state index contributed by atoms with van der Waals surface area (Å²) in [5.74, 6) is 0.165. The van der Waals surface area contributed by atoms with Gasteiger partial charge >= 0.3 is 6.18 Å². The van der Waals surface area contributed by atoms with E-state index in [2.05, 4.69) is 0 Å². The molecule has 0 aliphatic rings. The zero-order valence-electron chi connectivity index (χ0n) is 9.96. The Morgan fingerprint density at radius 3 is 2.41 bits per heavy atom. The normalized spacial score (nSPS) is 15.6. The van der Waals surface area contributed by atoms with Crippen LogP contribution >= 0.6 is 0 Å². The fraction of sp³-hybridized carbons (Fsp3) is 0.538. The van der Waals surface area contributed by atoms with Crippen molar-refractivity contribution in [3.05, 3.63) is 35.4 Å². The number of rotatable bonds is 4. The van der Waals surface area contributed by atoms with Gasteiger partial charge in [0.05, 0.1) is 11.7 Å². The third-order valence-electron chi connectivity index (χ3n) is 2.58. The van der Waals surface area contributed by atoms with E-state index in [0.29, 0.717) is 18.4 Å². The maximum atomic E-state index is 12.5. The predicted molar refractivity (Wildman–Crippen MR) is 60.6 cm³/mol. The lowest BCUT2D eigenvalue weighted by molar-refractivity contribution is -0.137. The van der Waals surface area contributed by atoms with Crippen LogP contribution in [-0.2, 0) is 12.6 Å². The molecule has 0 amide bonds. The Labute approximate surface area is 99.3 Å². The van der Waals surface area contributed by atoms with E-state index in [-0.39, 0.29) is 5.92 Å². The summed E-state index contributed by atoms with van der Waals surface area (Å²) in [7, 11) is 0. The van der Waals surface area contributed by atoms with Crippen molar-refractivity contribution in [1.82, 2.24) is 0 Å². The van der Waals surface area contributed by atoms with E-state index < -0.39 is 17.8 Å². The molecule has 0 saturated heterocycles. The molecule has 0 aromatic heterocycles. The molecule has 2 unspecified atom stereocenters. The van der Waals surface area contributed by atoms with E-state index in [9.17, 15) is 18.3 Å². The predicted octanol–water partition coefficient (Wildman–Crippen LogP) is 3.65. The summed E-state index contributed by atoms with van der Waals surface area (Å²) >= 11 is 0. The molecule has 0 bridgehead atoms. The zero-order chi connectivity index (χ0) is 13.1. The Morgan fingerprint density at radius 2 is 1.88 bits per heavy atom. The van der Waals surface area contributed by atoms with E-state index in [1.807, 2.05) is 6.92 Å². The first-order chi connectivity index (χ1) is 7.79. The van der Waals surface area contributed by atoms with Crippen LogP contribution in [0.4, 0.5) is 13.2 Å². The van der Waals surface area contributed by atoms with E-state index in [1.165, 1.54) is 12.1 Å². The minimum Gasteiger partial charge on any atom is -0.393 e. The van der Waals surface area contributed by atoms with Crippen molar-refractivity contribution in [3.63, 3.8) is 0 Å². The highest BCUT2D eigenvalue weighted by Gasteiger charge is 2.30. The Hall–Kier alpha value is -1.03. The molecule has 1 aromatic rings. The van der Waals surface area contributed by atoms with Gasteiger partial charge in [-0.2, -0.15) is 13.2 Å². The molecule has 1 rings (SSSR count). The molecule has 0 heterocycles. The summed E-state index contributed by atoms with van der Waals surface area (Å²) in [5.41, 5.74) is 0.0484. The van der Waals surface area contributed by atoms with E-state index >= 15 is 0 Å². The Kier molecular flexibility index (Phi) is 4.57. The van der Waals surface area contributed by atoms with Gasteiger partial charge in [0.1, 0.15) is 0 Å². The van der Waals surface area contributed by atoms with Gasteiger partial charge in [0.25, 0.3) is 0 Å². The molecule has 0 saturated carbocycles. The number of aliphatic hydroxyl groups excluding tert-OH is 1. The lowest BCUT2D eigenvalue weighted by Gasteiger charge is -2.14. The quantitative estimate of drug-likeness (QED) is 0.859. The van der Waals surface area contributed by atoms with Crippen LogP contribution < -0.4 is 0 Å². The Balaban J connectivity index is 2.72. The van der Waals surface area contributed by atoms with E-state index in [1.54, 1.807) is 13.0 Å². The topological polar surface area (TPSA) is 20.2 Å². The SMILES string of the molecule is CC(O)CC(C)Cc1cccc(C(F)(F)F)c1. The fourth-order valence-electron chi connectivity index (χ4n) is 1.94. The number of aliphatic hydroxyl groups is 1. The standard InChI is InChI=1S/C13H17F3O/c1-9(6-10(2)17)7-11-4-3-5-12(8-11)13(14,15)16/h3-5,8-10,17H,6-7H2,1-2H3. The average molecular weight is 246 g/mol. The molecular weight excluding hydrogens is 229 g/mol. The van der Waals surface area contributed by atoms with Crippen LogP contribution in [-0.4, -0.2) is 11.2 Å². The average Bonchev–Trinajstić information content (AvgIpc) is 2.15. The van der Waals surface area contributed by atoms with Crippen molar-refractivity contribution in [2.45, 2.75) is 39.0 Å². The van der Waals surface area contributed by atoms with E-state index in [0.717, 1.165) is 6.07 Å². The van der Waals surface area contributed by atoms with Crippen LogP contribution in [0.1, 0.15) is 31.4 Å². The highest BCUT2D eigenvalue weighted by atomic mass is 19.4. The van der Waals surface area contributed by atoms with Crippen molar-refractivity contribution in [3.8, 4) is 0 Å². The molecule has 0 fully saturated rings. The zero-order valence-corrected chi connectivity index (χ0v) is 9.96. The Morgan fingerprint density at radius 1 is 1.24 bits per heavy atom. The lowest BCUT2D eigenvalue weighted by atomic mass is 9.95. The third kappa shape index (κ3) is 4.77. The summed E-state index contributed by atoms with van der Waals surface area (Å²) in [6, 6.07) is 5.36. The number of hydrogen-bond donors (Lipinski definition) is 1. The first-order valence-electron chi connectivity index (χ1n) is 5.63. The van der Waals surface area contributed by atoms with Crippen molar-refractivity contribution in [2.75, 3.05) is 0 Å². The van der Waals surface area contributed by atoms with Crippen LogP contribution in [0.15, 0.2) is 24.3 Å². The summed E-state index contributed by atoms with van der Waals surface area (Å²) < 4.78 is 37.4. The van der Waals surface area contributed by atoms with Crippen molar-refractivity contribution in [1.29, 1.82) is 0 Å². The number of halogens is 3. The fourth-order valence-corrected chi connectivity index (χ4v) is 1.94. The van der Waals surface area contributed by atoms with Crippen LogP contribution in [0.25, 0.3) is 0 Å². The van der Waals surface area contributed by atoms with Crippen LogP contribution in [0.3, 0.4) is 0 Å². The maximum absolute atomic E-state index is 12.5. The first-order valence-corrected chi connectivity index (χ1v) is 5.63. The van der Waals surface area contributed by atoms with Crippen LogP contribution in [0.2, 0.25) is 0 Å². The molecule has 1 N–H and O–H groups in total. The van der Waals surface area contributed by atoms with Gasteiger partial charge in [-0.1, -0.05) is 25.1 Å². The summed E-state index contributed by atoms with van der Waals surface area (Å²) in [5, 5.41) is 9.20. The molecule has 17 heavy (non-hydrogen) atoms. The number of benzene rings is 1. The van der Waals surface area contributed by atoms with Gasteiger partial charge in [-0.15, -0.1) is 0 Å².